The number of hydrogen-bond acceptors (Lipinski definition) is 1. The monoisotopic (exact) mass is 269 g/mol. The Kier molecular flexibility index (Phi) is 2.64. The van der Waals surface area contributed by atoms with Crippen molar-refractivity contribution >= 4 is 0 Å². The number of rotatable bonds is 1. The summed E-state index contributed by atoms with van der Waals surface area (Å²) in [7, 11) is 0. The Balaban J connectivity index is 1.77. The van der Waals surface area contributed by atoms with Gasteiger partial charge in [-0.3, -0.25) is 0 Å². The van der Waals surface area contributed by atoms with Crippen molar-refractivity contribution in [2.24, 2.45) is 29.4 Å². The molecule has 3 aliphatic rings. The van der Waals surface area contributed by atoms with Crippen molar-refractivity contribution in [3.63, 3.8) is 0 Å². The highest BCUT2D eigenvalue weighted by molar-refractivity contribution is 5.42. The molecule has 0 saturated heterocycles. The SMILES string of the molecule is Cc1cc(C)c(C2(N)CC3CC2C2CCCC32)cc1C. The second-order valence-corrected chi connectivity index (χ2v) is 7.86. The molecule has 2 bridgehead atoms. The predicted molar refractivity (Wildman–Crippen MR) is 83.6 cm³/mol. The quantitative estimate of drug-likeness (QED) is 0.811. The van der Waals surface area contributed by atoms with E-state index in [0.717, 1.165) is 23.7 Å². The number of fused-ring (bicyclic) bond motifs is 5. The fraction of sp³-hybridized carbons (Fsp3) is 0.684. The van der Waals surface area contributed by atoms with Crippen LogP contribution in [0.5, 0.6) is 0 Å². The van der Waals surface area contributed by atoms with Crippen molar-refractivity contribution in [1.82, 2.24) is 0 Å². The minimum absolute atomic E-state index is 0.0291. The second-order valence-electron chi connectivity index (χ2n) is 7.86. The third-order valence-electron chi connectivity index (χ3n) is 6.91. The number of nitrogens with two attached hydrogens (primary N) is 1. The van der Waals surface area contributed by atoms with E-state index in [-0.39, 0.29) is 5.54 Å². The molecule has 0 heterocycles. The van der Waals surface area contributed by atoms with E-state index in [2.05, 4.69) is 32.9 Å². The molecular weight excluding hydrogens is 242 g/mol. The molecule has 2 N–H and O–H groups in total. The minimum atomic E-state index is -0.0291. The van der Waals surface area contributed by atoms with Crippen LogP contribution in [0.25, 0.3) is 0 Å². The Hall–Kier alpha value is -0.820. The van der Waals surface area contributed by atoms with Gasteiger partial charge in [0.2, 0.25) is 0 Å². The molecule has 0 radical (unpaired) electrons. The molecule has 3 fully saturated rings. The van der Waals surface area contributed by atoms with Gasteiger partial charge in [-0.2, -0.15) is 0 Å². The maximum atomic E-state index is 7.04. The van der Waals surface area contributed by atoms with Crippen molar-refractivity contribution in [2.45, 2.75) is 58.4 Å². The van der Waals surface area contributed by atoms with E-state index in [1.807, 2.05) is 0 Å². The highest BCUT2D eigenvalue weighted by Crippen LogP contribution is 2.64. The van der Waals surface area contributed by atoms with Gasteiger partial charge < -0.3 is 5.73 Å². The largest absolute Gasteiger partial charge is 0.321 e. The summed E-state index contributed by atoms with van der Waals surface area (Å²) in [5.41, 5.74) is 12.7. The van der Waals surface area contributed by atoms with Crippen LogP contribution in [0.3, 0.4) is 0 Å². The van der Waals surface area contributed by atoms with Gasteiger partial charge in [0, 0.05) is 5.54 Å². The van der Waals surface area contributed by atoms with Crippen LogP contribution in [-0.4, -0.2) is 0 Å². The molecule has 1 aromatic carbocycles. The molecule has 3 saturated carbocycles. The van der Waals surface area contributed by atoms with Crippen LogP contribution in [0.15, 0.2) is 12.1 Å². The average molecular weight is 269 g/mol. The van der Waals surface area contributed by atoms with Crippen LogP contribution >= 0.6 is 0 Å². The molecule has 5 unspecified atom stereocenters. The van der Waals surface area contributed by atoms with E-state index in [1.165, 1.54) is 54.4 Å². The van der Waals surface area contributed by atoms with Gasteiger partial charge >= 0.3 is 0 Å². The zero-order valence-electron chi connectivity index (χ0n) is 13.1. The number of aryl methyl sites for hydroxylation is 3. The van der Waals surface area contributed by atoms with Crippen LogP contribution < -0.4 is 5.73 Å². The second kappa shape index (κ2) is 4.10. The lowest BCUT2D eigenvalue weighted by atomic mass is 9.67. The average Bonchev–Trinajstić information content (AvgIpc) is 3.04. The lowest BCUT2D eigenvalue weighted by molar-refractivity contribution is 0.156. The first-order valence-corrected chi connectivity index (χ1v) is 8.38. The Bertz CT molecular complexity index is 561. The van der Waals surface area contributed by atoms with E-state index >= 15 is 0 Å². The summed E-state index contributed by atoms with van der Waals surface area (Å²) in [6, 6.07) is 4.74. The van der Waals surface area contributed by atoms with Gasteiger partial charge in [-0.15, -0.1) is 0 Å². The van der Waals surface area contributed by atoms with Crippen molar-refractivity contribution in [3.8, 4) is 0 Å². The van der Waals surface area contributed by atoms with Crippen molar-refractivity contribution < 1.29 is 0 Å². The van der Waals surface area contributed by atoms with Crippen LogP contribution in [-0.2, 0) is 5.54 Å². The van der Waals surface area contributed by atoms with Gasteiger partial charge in [-0.05, 0) is 92.4 Å². The molecule has 0 amide bonds. The lowest BCUT2D eigenvalue weighted by Gasteiger charge is -2.41. The molecule has 20 heavy (non-hydrogen) atoms. The van der Waals surface area contributed by atoms with Gasteiger partial charge in [0.25, 0.3) is 0 Å². The fourth-order valence-corrected chi connectivity index (χ4v) is 5.96. The number of benzene rings is 1. The van der Waals surface area contributed by atoms with Crippen molar-refractivity contribution in [3.05, 3.63) is 34.4 Å². The molecular formula is C19H27N. The smallest absolute Gasteiger partial charge is 0.0446 e. The van der Waals surface area contributed by atoms with Crippen LogP contribution in [0, 0.1) is 44.4 Å². The maximum Gasteiger partial charge on any atom is 0.0446 e. The first-order chi connectivity index (χ1) is 9.50. The summed E-state index contributed by atoms with van der Waals surface area (Å²) >= 11 is 0. The predicted octanol–water partition coefficient (Wildman–Crippen LogP) is 4.22. The van der Waals surface area contributed by atoms with Gasteiger partial charge in [0.1, 0.15) is 0 Å². The van der Waals surface area contributed by atoms with Crippen molar-refractivity contribution in [2.75, 3.05) is 0 Å². The Morgan fingerprint density at radius 1 is 1.00 bits per heavy atom. The third-order valence-corrected chi connectivity index (χ3v) is 6.91. The van der Waals surface area contributed by atoms with Gasteiger partial charge in [0.15, 0.2) is 0 Å². The molecule has 108 valence electrons. The van der Waals surface area contributed by atoms with E-state index in [9.17, 15) is 0 Å². The van der Waals surface area contributed by atoms with Crippen molar-refractivity contribution in [1.29, 1.82) is 0 Å². The number of hydrogen-bond donors (Lipinski definition) is 1. The third kappa shape index (κ3) is 1.53. The normalized spacial score (nSPS) is 42.2. The summed E-state index contributed by atoms with van der Waals surface area (Å²) in [4.78, 5) is 0. The van der Waals surface area contributed by atoms with Crippen LogP contribution in [0.4, 0.5) is 0 Å². The molecule has 0 aromatic heterocycles. The van der Waals surface area contributed by atoms with Gasteiger partial charge in [0.05, 0.1) is 0 Å². The zero-order valence-corrected chi connectivity index (χ0v) is 13.1. The van der Waals surface area contributed by atoms with E-state index < -0.39 is 0 Å². The van der Waals surface area contributed by atoms with E-state index in [1.54, 1.807) is 0 Å². The molecule has 4 rings (SSSR count). The van der Waals surface area contributed by atoms with Crippen LogP contribution in [0.2, 0.25) is 0 Å². The van der Waals surface area contributed by atoms with E-state index in [4.69, 9.17) is 5.73 Å². The van der Waals surface area contributed by atoms with Gasteiger partial charge in [-0.25, -0.2) is 0 Å². The van der Waals surface area contributed by atoms with Gasteiger partial charge in [-0.1, -0.05) is 18.6 Å². The summed E-state index contributed by atoms with van der Waals surface area (Å²) in [5, 5.41) is 0. The first-order valence-electron chi connectivity index (χ1n) is 8.38. The molecule has 1 heteroatoms. The van der Waals surface area contributed by atoms with Crippen LogP contribution in [0.1, 0.15) is 54.4 Å². The Morgan fingerprint density at radius 2 is 1.70 bits per heavy atom. The Labute approximate surface area is 122 Å². The zero-order chi connectivity index (χ0) is 14.1. The van der Waals surface area contributed by atoms with E-state index in [0.29, 0.717) is 0 Å². The molecule has 3 aliphatic carbocycles. The summed E-state index contributed by atoms with van der Waals surface area (Å²) < 4.78 is 0. The summed E-state index contributed by atoms with van der Waals surface area (Å²) in [6.45, 7) is 6.70. The first kappa shape index (κ1) is 12.9. The Morgan fingerprint density at radius 3 is 2.50 bits per heavy atom. The maximum absolute atomic E-state index is 7.04. The topological polar surface area (TPSA) is 26.0 Å². The fourth-order valence-electron chi connectivity index (χ4n) is 5.96. The summed E-state index contributed by atoms with van der Waals surface area (Å²) in [5.74, 6) is 3.61. The lowest BCUT2D eigenvalue weighted by Crippen LogP contribution is -2.47. The molecule has 0 spiro atoms. The molecule has 0 aliphatic heterocycles. The summed E-state index contributed by atoms with van der Waals surface area (Å²) in [6.07, 6.45) is 7.01. The molecule has 5 atom stereocenters. The standard InChI is InChI=1S/C19H27N/c1-11-7-13(3)17(8-12(11)2)19(20)10-14-9-18(19)16-6-4-5-15(14)16/h7-8,14-16,18H,4-6,9-10,20H2,1-3H3. The minimum Gasteiger partial charge on any atom is -0.321 e. The molecule has 1 nitrogen and oxygen atoms in total. The molecule has 1 aromatic rings. The highest BCUT2D eigenvalue weighted by Gasteiger charge is 2.60. The highest BCUT2D eigenvalue weighted by atomic mass is 14.8.